The maximum absolute atomic E-state index is 12.8. The van der Waals surface area contributed by atoms with Crippen molar-refractivity contribution in [2.24, 2.45) is 5.92 Å². The number of ether oxygens (including phenoxy) is 3. The van der Waals surface area contributed by atoms with Crippen molar-refractivity contribution in [1.82, 2.24) is 4.57 Å². The van der Waals surface area contributed by atoms with Crippen LogP contribution in [0.5, 0.6) is 5.75 Å². The van der Waals surface area contributed by atoms with E-state index in [0.717, 1.165) is 15.4 Å². The van der Waals surface area contributed by atoms with Crippen LogP contribution in [0.4, 0.5) is 0 Å². The Bertz CT molecular complexity index is 941. The summed E-state index contributed by atoms with van der Waals surface area (Å²) in [5.74, 6) is 7.71. The van der Waals surface area contributed by atoms with Crippen LogP contribution in [0.25, 0.3) is 0 Å². The van der Waals surface area contributed by atoms with Gasteiger partial charge in [-0.15, -0.1) is 11.3 Å². The van der Waals surface area contributed by atoms with Crippen molar-refractivity contribution in [2.75, 3.05) is 26.4 Å². The van der Waals surface area contributed by atoms with Crippen LogP contribution in [0.1, 0.15) is 41.3 Å². The van der Waals surface area contributed by atoms with Crippen molar-refractivity contribution in [3.63, 3.8) is 0 Å². The predicted molar refractivity (Wildman–Crippen MR) is 109 cm³/mol. The molecule has 1 saturated heterocycles. The van der Waals surface area contributed by atoms with Crippen molar-refractivity contribution in [1.29, 1.82) is 0 Å². The fourth-order valence-electron chi connectivity index (χ4n) is 3.26. The lowest BCUT2D eigenvalue weighted by molar-refractivity contribution is -0.101. The van der Waals surface area contributed by atoms with E-state index in [1.165, 1.54) is 12.8 Å². The van der Waals surface area contributed by atoms with Crippen LogP contribution in [-0.2, 0) is 9.47 Å². The summed E-state index contributed by atoms with van der Waals surface area (Å²) in [6, 6.07) is 7.54. The number of rotatable bonds is 5. The Morgan fingerprint density at radius 2 is 2.18 bits per heavy atom. The predicted octanol–water partition coefficient (Wildman–Crippen LogP) is 3.38. The lowest BCUT2D eigenvalue weighted by Gasteiger charge is -2.23. The van der Waals surface area contributed by atoms with E-state index in [1.54, 1.807) is 22.0 Å². The van der Waals surface area contributed by atoms with E-state index in [0.29, 0.717) is 38.1 Å². The lowest BCUT2D eigenvalue weighted by Crippen LogP contribution is -2.33. The molecule has 0 radical (unpaired) electrons. The van der Waals surface area contributed by atoms with E-state index in [1.807, 2.05) is 19.9 Å². The van der Waals surface area contributed by atoms with E-state index >= 15 is 0 Å². The molecular weight excluding hydrogens is 374 g/mol. The molecule has 0 bridgehead atoms. The largest absolute Gasteiger partial charge is 0.491 e. The molecule has 28 heavy (non-hydrogen) atoms. The van der Waals surface area contributed by atoms with Gasteiger partial charge in [-0.05, 0) is 44.9 Å². The van der Waals surface area contributed by atoms with E-state index in [-0.39, 0.29) is 17.7 Å². The van der Waals surface area contributed by atoms with Gasteiger partial charge >= 0.3 is 0 Å². The molecule has 0 spiro atoms. The first-order chi connectivity index (χ1) is 13.6. The van der Waals surface area contributed by atoms with Crippen molar-refractivity contribution < 1.29 is 14.2 Å². The fraction of sp³-hybridized carbons (Fsp3) is 0.500. The molecule has 5 nitrogen and oxygen atoms in total. The van der Waals surface area contributed by atoms with Crippen molar-refractivity contribution in [2.45, 2.75) is 38.8 Å². The third-order valence-electron chi connectivity index (χ3n) is 4.96. The molecule has 148 valence electrons. The third-order valence-corrected chi connectivity index (χ3v) is 6.13. The quantitative estimate of drug-likeness (QED) is 0.724. The topological polar surface area (TPSA) is 49.7 Å². The van der Waals surface area contributed by atoms with Gasteiger partial charge in [-0.2, -0.15) is 0 Å². The van der Waals surface area contributed by atoms with Gasteiger partial charge < -0.3 is 18.8 Å². The van der Waals surface area contributed by atoms with Gasteiger partial charge in [0.2, 0.25) is 0 Å². The smallest absolute Gasteiger partial charge is 0.255 e. The number of hydrogen-bond donors (Lipinski definition) is 0. The number of thiophene rings is 1. The molecule has 1 saturated carbocycles. The zero-order chi connectivity index (χ0) is 19.5. The van der Waals surface area contributed by atoms with E-state index in [9.17, 15) is 4.79 Å². The molecule has 2 aromatic heterocycles. The van der Waals surface area contributed by atoms with Gasteiger partial charge in [-0.3, -0.25) is 4.79 Å². The normalized spacial score (nSPS) is 20.3. The van der Waals surface area contributed by atoms with Gasteiger partial charge in [-0.1, -0.05) is 11.8 Å². The van der Waals surface area contributed by atoms with Crippen LogP contribution in [-0.4, -0.2) is 37.1 Å². The van der Waals surface area contributed by atoms with Crippen molar-refractivity contribution >= 4 is 11.3 Å². The summed E-state index contributed by atoms with van der Waals surface area (Å²) in [6.45, 7) is 6.10. The first-order valence-corrected chi connectivity index (χ1v) is 10.6. The molecule has 3 heterocycles. The molecule has 2 aliphatic rings. The highest BCUT2D eigenvalue weighted by Crippen LogP contribution is 2.29. The minimum absolute atomic E-state index is 0.0434. The maximum Gasteiger partial charge on any atom is 0.255 e. The molecule has 2 fully saturated rings. The second-order valence-corrected chi connectivity index (χ2v) is 8.46. The molecule has 6 heteroatoms. The summed E-state index contributed by atoms with van der Waals surface area (Å²) < 4.78 is 18.5. The molecule has 0 amide bonds. The Labute approximate surface area is 169 Å². The second kappa shape index (κ2) is 8.52. The summed E-state index contributed by atoms with van der Waals surface area (Å²) in [6.07, 6.45) is 2.37. The highest BCUT2D eigenvalue weighted by Gasteiger charge is 2.19. The molecular formula is C22H25NO4S. The van der Waals surface area contributed by atoms with Gasteiger partial charge in [0, 0.05) is 22.6 Å². The second-order valence-electron chi connectivity index (χ2n) is 7.34. The number of aromatic nitrogens is 1. The minimum atomic E-state index is -0.0864. The number of nitrogens with zero attached hydrogens (tertiary/aromatic N) is 1. The van der Waals surface area contributed by atoms with Gasteiger partial charge in [0.15, 0.2) is 0 Å². The molecule has 2 aromatic rings. The summed E-state index contributed by atoms with van der Waals surface area (Å²) in [5.41, 5.74) is 0.803. The van der Waals surface area contributed by atoms with Crippen LogP contribution in [0.15, 0.2) is 29.1 Å². The van der Waals surface area contributed by atoms with Gasteiger partial charge in [0.05, 0.1) is 30.7 Å². The highest BCUT2D eigenvalue weighted by atomic mass is 32.1. The van der Waals surface area contributed by atoms with E-state index in [4.69, 9.17) is 14.2 Å². The summed E-state index contributed by atoms with van der Waals surface area (Å²) in [5, 5.41) is 0. The average Bonchev–Trinajstić information content (AvgIpc) is 3.40. The highest BCUT2D eigenvalue weighted by molar-refractivity contribution is 7.12. The molecule has 4 rings (SSSR count). The average molecular weight is 400 g/mol. The van der Waals surface area contributed by atoms with Crippen molar-refractivity contribution in [3.8, 4) is 17.6 Å². The first-order valence-electron chi connectivity index (χ1n) is 9.77. The third kappa shape index (κ3) is 4.67. The Morgan fingerprint density at radius 3 is 2.89 bits per heavy atom. The Hall–Kier alpha value is -2.07. The summed E-state index contributed by atoms with van der Waals surface area (Å²) in [7, 11) is 0. The van der Waals surface area contributed by atoms with E-state index in [2.05, 4.69) is 24.0 Å². The van der Waals surface area contributed by atoms with Crippen LogP contribution in [0.2, 0.25) is 0 Å². The van der Waals surface area contributed by atoms with Gasteiger partial charge in [0.25, 0.3) is 5.56 Å². The van der Waals surface area contributed by atoms with Crippen molar-refractivity contribution in [3.05, 3.63) is 50.1 Å². The molecule has 1 aliphatic carbocycles. The molecule has 2 atom stereocenters. The Balaban J connectivity index is 1.46. The zero-order valence-electron chi connectivity index (χ0n) is 16.3. The van der Waals surface area contributed by atoms with Gasteiger partial charge in [-0.25, -0.2) is 0 Å². The minimum Gasteiger partial charge on any atom is -0.491 e. The molecule has 2 unspecified atom stereocenters. The number of aryl methyl sites for hydroxylation is 1. The summed E-state index contributed by atoms with van der Waals surface area (Å²) >= 11 is 1.66. The lowest BCUT2D eigenvalue weighted by atomic mass is 10.2. The fourth-order valence-corrected chi connectivity index (χ4v) is 4.17. The zero-order valence-corrected chi connectivity index (χ0v) is 17.1. The van der Waals surface area contributed by atoms with Crippen LogP contribution < -0.4 is 10.3 Å². The van der Waals surface area contributed by atoms with Crippen LogP contribution >= 0.6 is 11.3 Å². The maximum atomic E-state index is 12.8. The summed E-state index contributed by atoms with van der Waals surface area (Å²) in [4.78, 5) is 15.0. The monoisotopic (exact) mass is 399 g/mol. The Morgan fingerprint density at radius 1 is 1.32 bits per heavy atom. The van der Waals surface area contributed by atoms with Gasteiger partial charge in [0.1, 0.15) is 18.5 Å². The Kier molecular flexibility index (Phi) is 5.86. The molecule has 0 N–H and O–H groups in total. The SMILES string of the molecule is Cc1cc(OCC2COCCO2)cc(=O)n1C(C)c1ccc(C#CC2CC2)s1. The molecule has 0 aromatic carbocycles. The molecule has 1 aliphatic heterocycles. The number of pyridine rings is 1. The van der Waals surface area contributed by atoms with Crippen LogP contribution in [0, 0.1) is 24.7 Å². The van der Waals surface area contributed by atoms with E-state index < -0.39 is 0 Å². The number of hydrogen-bond acceptors (Lipinski definition) is 5. The first kappa shape index (κ1) is 19.3. The standard InChI is InChI=1S/C22H25NO4S/c1-15-11-18(27-14-19-13-25-9-10-26-19)12-22(24)23(15)16(2)21-8-7-20(28-21)6-5-17-3-4-17/h7-8,11-12,16-17,19H,3-4,9-10,13-14H2,1-2H3. The van der Waals surface area contributed by atoms with Crippen LogP contribution in [0.3, 0.4) is 0 Å².